The average Bonchev–Trinajstić information content (AvgIpc) is 3.25. The van der Waals surface area contributed by atoms with E-state index in [2.05, 4.69) is 0 Å². The summed E-state index contributed by atoms with van der Waals surface area (Å²) in [6.07, 6.45) is 0.216. The van der Waals surface area contributed by atoms with Crippen molar-refractivity contribution in [1.29, 1.82) is 0 Å². The third-order valence-corrected chi connectivity index (χ3v) is 5.53. The first-order chi connectivity index (χ1) is 12.7. The molecule has 1 N–H and O–H groups in total. The van der Waals surface area contributed by atoms with E-state index in [0.717, 1.165) is 0 Å². The van der Waals surface area contributed by atoms with Gasteiger partial charge in [-0.3, -0.25) is 19.0 Å². The topological polar surface area (TPSA) is 112 Å². The summed E-state index contributed by atoms with van der Waals surface area (Å²) in [5, 5.41) is 9.58. The van der Waals surface area contributed by atoms with Crippen LogP contribution in [0.3, 0.4) is 0 Å². The van der Waals surface area contributed by atoms with Crippen LogP contribution in [0.2, 0.25) is 0 Å². The van der Waals surface area contributed by atoms with Crippen molar-refractivity contribution in [2.45, 2.75) is 52.7 Å². The molecule has 3 heterocycles. The number of carboxylic acids is 1. The number of Topliss-reactive ketones (excluding diaryl/α,β-unsaturated/α-hetero) is 1. The lowest BCUT2D eigenvalue weighted by Gasteiger charge is -2.25. The molecule has 2 saturated heterocycles. The van der Waals surface area contributed by atoms with Crippen molar-refractivity contribution >= 4 is 23.6 Å². The molecule has 0 aliphatic carbocycles. The van der Waals surface area contributed by atoms with E-state index >= 15 is 0 Å². The zero-order chi connectivity index (χ0) is 20.0. The lowest BCUT2D eigenvalue weighted by molar-refractivity contribution is -0.144. The molecule has 2 fully saturated rings. The number of carbonyl (C=O) groups is 4. The molecule has 2 aliphatic rings. The summed E-state index contributed by atoms with van der Waals surface area (Å²) in [7, 11) is 0. The van der Waals surface area contributed by atoms with Crippen molar-refractivity contribution in [3.63, 3.8) is 0 Å². The van der Waals surface area contributed by atoms with Crippen LogP contribution in [0.25, 0.3) is 0 Å². The molecule has 146 valence electrons. The van der Waals surface area contributed by atoms with E-state index in [1.54, 1.807) is 20.8 Å². The lowest BCUT2D eigenvalue weighted by Crippen LogP contribution is -2.41. The average molecular weight is 377 g/mol. The van der Waals surface area contributed by atoms with E-state index in [0.29, 0.717) is 18.4 Å². The Bertz CT molecular complexity index is 838. The lowest BCUT2D eigenvalue weighted by atomic mass is 9.78. The summed E-state index contributed by atoms with van der Waals surface area (Å²) in [5.74, 6) is -4.44. The monoisotopic (exact) mass is 377 g/mol. The summed E-state index contributed by atoms with van der Waals surface area (Å²) in [6, 6.07) is 0. The van der Waals surface area contributed by atoms with Gasteiger partial charge in [-0.1, -0.05) is 0 Å². The summed E-state index contributed by atoms with van der Waals surface area (Å²) in [4.78, 5) is 49.7. The minimum absolute atomic E-state index is 0.0902. The predicted molar refractivity (Wildman–Crippen MR) is 93.0 cm³/mol. The number of aromatic nitrogens is 1. The summed E-state index contributed by atoms with van der Waals surface area (Å²) < 4.78 is 11.9. The Hall–Kier alpha value is -2.48. The van der Waals surface area contributed by atoms with E-state index in [9.17, 15) is 24.3 Å². The minimum Gasteiger partial charge on any atom is -0.481 e. The molecule has 0 amide bonds. The maximum absolute atomic E-state index is 13.4. The first-order valence-corrected chi connectivity index (χ1v) is 9.03. The van der Waals surface area contributed by atoms with Crippen molar-refractivity contribution in [3.8, 4) is 0 Å². The highest BCUT2D eigenvalue weighted by atomic mass is 16.5. The van der Waals surface area contributed by atoms with Crippen LogP contribution in [0.1, 0.15) is 63.6 Å². The van der Waals surface area contributed by atoms with Gasteiger partial charge in [-0.2, -0.15) is 0 Å². The van der Waals surface area contributed by atoms with E-state index < -0.39 is 41.9 Å². The zero-order valence-electron chi connectivity index (χ0n) is 15.8. The van der Waals surface area contributed by atoms with Crippen LogP contribution in [-0.4, -0.2) is 52.1 Å². The van der Waals surface area contributed by atoms with Gasteiger partial charge in [-0.05, 0) is 39.2 Å². The highest BCUT2D eigenvalue weighted by molar-refractivity contribution is 6.05. The molecule has 0 saturated carbocycles. The predicted octanol–water partition coefficient (Wildman–Crippen LogP) is 2.00. The fourth-order valence-electron chi connectivity index (χ4n) is 4.49. The second kappa shape index (κ2) is 6.92. The number of esters is 1. The molecule has 4 unspecified atom stereocenters. The highest BCUT2D eigenvalue weighted by Gasteiger charge is 2.56. The number of nitrogens with zero attached hydrogens (tertiary/aromatic N) is 1. The van der Waals surface area contributed by atoms with E-state index in [1.807, 2.05) is 0 Å². The Balaban J connectivity index is 2.12. The molecule has 0 aromatic carbocycles. The van der Waals surface area contributed by atoms with Crippen LogP contribution >= 0.6 is 0 Å². The second-order valence-corrected chi connectivity index (χ2v) is 7.06. The Morgan fingerprint density at radius 3 is 2.26 bits per heavy atom. The standard InChI is InChI=1S/C19H23NO7/c1-5-26-19(25)13-8(2)16(10(4)21)20(9(13)3)17(22)14-11-6-7-12(27-11)15(14)18(23)24/h11-12,14-15H,5-7H2,1-4H3,(H,23,24). The molecule has 0 spiro atoms. The Morgan fingerprint density at radius 1 is 1.15 bits per heavy atom. The van der Waals surface area contributed by atoms with Gasteiger partial charge in [-0.25, -0.2) is 4.79 Å². The van der Waals surface area contributed by atoms with Crippen LogP contribution < -0.4 is 0 Å². The van der Waals surface area contributed by atoms with Crippen molar-refractivity contribution < 1.29 is 33.8 Å². The molecular formula is C19H23NO7. The van der Waals surface area contributed by atoms with Gasteiger partial charge in [0.15, 0.2) is 5.78 Å². The van der Waals surface area contributed by atoms with E-state index in [-0.39, 0.29) is 29.3 Å². The zero-order valence-corrected chi connectivity index (χ0v) is 15.8. The minimum atomic E-state index is -1.09. The molecule has 0 radical (unpaired) electrons. The first kappa shape index (κ1) is 19.3. The van der Waals surface area contributed by atoms with Crippen LogP contribution in [0.5, 0.6) is 0 Å². The van der Waals surface area contributed by atoms with Gasteiger partial charge in [0, 0.05) is 12.6 Å². The third kappa shape index (κ3) is 2.88. The SMILES string of the molecule is CCOC(=O)c1c(C)c(C(C)=O)n(C(=O)C2C3CCC(O3)C2C(=O)O)c1C. The fraction of sp³-hybridized carbons (Fsp3) is 0.579. The number of hydrogen-bond acceptors (Lipinski definition) is 6. The normalized spacial score (nSPS) is 26.2. The smallest absolute Gasteiger partial charge is 0.340 e. The molecule has 4 atom stereocenters. The summed E-state index contributed by atoms with van der Waals surface area (Å²) in [5.41, 5.74) is 0.912. The maximum Gasteiger partial charge on any atom is 0.340 e. The van der Waals surface area contributed by atoms with E-state index in [4.69, 9.17) is 9.47 Å². The number of ether oxygens (including phenoxy) is 2. The second-order valence-electron chi connectivity index (χ2n) is 7.06. The fourth-order valence-corrected chi connectivity index (χ4v) is 4.49. The number of aliphatic carboxylic acids is 1. The molecule has 2 bridgehead atoms. The molecule has 8 nitrogen and oxygen atoms in total. The number of hydrogen-bond donors (Lipinski definition) is 1. The Labute approximate surface area is 156 Å². The van der Waals surface area contributed by atoms with Gasteiger partial charge in [-0.15, -0.1) is 0 Å². The van der Waals surface area contributed by atoms with Gasteiger partial charge in [0.05, 0.1) is 41.9 Å². The van der Waals surface area contributed by atoms with Gasteiger partial charge < -0.3 is 14.6 Å². The number of rotatable bonds is 5. The van der Waals surface area contributed by atoms with Gasteiger partial charge in [0.25, 0.3) is 0 Å². The molecular weight excluding hydrogens is 354 g/mol. The highest BCUT2D eigenvalue weighted by Crippen LogP contribution is 2.45. The van der Waals surface area contributed by atoms with Crippen molar-refractivity contribution in [3.05, 3.63) is 22.5 Å². The number of ketones is 1. The third-order valence-electron chi connectivity index (χ3n) is 5.53. The molecule has 8 heteroatoms. The molecule has 1 aromatic heterocycles. The largest absolute Gasteiger partial charge is 0.481 e. The van der Waals surface area contributed by atoms with Crippen LogP contribution in [-0.2, 0) is 14.3 Å². The van der Waals surface area contributed by atoms with Gasteiger partial charge >= 0.3 is 11.9 Å². The van der Waals surface area contributed by atoms with Crippen LogP contribution in [0.15, 0.2) is 0 Å². The Kier molecular flexibility index (Phi) is 4.94. The maximum atomic E-state index is 13.4. The Morgan fingerprint density at radius 2 is 1.74 bits per heavy atom. The van der Waals surface area contributed by atoms with Crippen LogP contribution in [0, 0.1) is 25.7 Å². The van der Waals surface area contributed by atoms with Gasteiger partial charge in [0.1, 0.15) is 0 Å². The van der Waals surface area contributed by atoms with Crippen molar-refractivity contribution in [1.82, 2.24) is 4.57 Å². The molecule has 27 heavy (non-hydrogen) atoms. The molecule has 1 aromatic rings. The quantitative estimate of drug-likeness (QED) is 0.617. The molecule has 3 rings (SSSR count). The van der Waals surface area contributed by atoms with E-state index in [1.165, 1.54) is 11.5 Å². The number of carboxylic acid groups (broad SMARTS) is 1. The van der Waals surface area contributed by atoms with Crippen LogP contribution in [0.4, 0.5) is 0 Å². The van der Waals surface area contributed by atoms with Crippen molar-refractivity contribution in [2.75, 3.05) is 6.61 Å². The summed E-state index contributed by atoms with van der Waals surface area (Å²) in [6.45, 7) is 6.29. The first-order valence-electron chi connectivity index (χ1n) is 9.03. The number of fused-ring (bicyclic) bond motifs is 2. The molecule has 2 aliphatic heterocycles. The van der Waals surface area contributed by atoms with Gasteiger partial charge in [0.2, 0.25) is 5.91 Å². The number of carbonyl (C=O) groups excluding carboxylic acids is 3. The summed E-state index contributed by atoms with van der Waals surface area (Å²) >= 11 is 0. The van der Waals surface area contributed by atoms with Crippen molar-refractivity contribution in [2.24, 2.45) is 11.8 Å².